The van der Waals surface area contributed by atoms with Gasteiger partial charge in [0, 0.05) is 18.0 Å². The minimum Gasteiger partial charge on any atom is -0.372 e. The molecule has 0 aromatic carbocycles. The van der Waals surface area contributed by atoms with Crippen LogP contribution < -0.4 is 0 Å². The molecule has 1 aromatic rings. The van der Waals surface area contributed by atoms with Crippen LogP contribution in [-0.4, -0.2) is 47.7 Å². The Morgan fingerprint density at radius 3 is 3.06 bits per heavy atom. The Kier molecular flexibility index (Phi) is 3.50. The number of likely N-dealkylation sites (tertiary alicyclic amines) is 1. The molecule has 0 bridgehead atoms. The molecule has 0 saturated carbocycles. The van der Waals surface area contributed by atoms with Crippen molar-refractivity contribution in [2.75, 3.05) is 26.4 Å². The van der Waals surface area contributed by atoms with Crippen molar-refractivity contribution < 1.29 is 13.9 Å². The van der Waals surface area contributed by atoms with Crippen molar-refractivity contribution in [1.29, 1.82) is 0 Å². The average Bonchev–Trinajstić information content (AvgIpc) is 2.62. The van der Waals surface area contributed by atoms with Crippen LogP contribution in [0, 0.1) is 6.92 Å². The Bertz CT molecular complexity index is 377. The van der Waals surface area contributed by atoms with Crippen LogP contribution in [0.3, 0.4) is 0 Å². The third-order valence-corrected chi connectivity index (χ3v) is 3.11. The van der Waals surface area contributed by atoms with Crippen LogP contribution in [0.2, 0.25) is 0 Å². The van der Waals surface area contributed by atoms with E-state index in [0.29, 0.717) is 18.8 Å². The fourth-order valence-corrected chi connectivity index (χ4v) is 2.09. The maximum absolute atomic E-state index is 11.8. The van der Waals surface area contributed by atoms with E-state index in [1.807, 2.05) is 6.92 Å². The standard InChI is InChI=1S/C10H13FN2O2S/c1-7-4-9(12-16-7)10(14)13-5-8(6-13)15-3-2-11/h4,8H,2-3,5-6H2,1H3. The van der Waals surface area contributed by atoms with Crippen LogP contribution in [0.4, 0.5) is 4.39 Å². The molecule has 1 aliphatic rings. The molecule has 1 aromatic heterocycles. The van der Waals surface area contributed by atoms with Crippen molar-refractivity contribution in [3.8, 4) is 0 Å². The predicted molar refractivity (Wildman–Crippen MR) is 58.5 cm³/mol. The van der Waals surface area contributed by atoms with Crippen LogP contribution in [0.15, 0.2) is 6.07 Å². The van der Waals surface area contributed by atoms with Gasteiger partial charge in [-0.2, -0.15) is 4.37 Å². The zero-order valence-electron chi connectivity index (χ0n) is 8.98. The SMILES string of the molecule is Cc1cc(C(=O)N2CC(OCCF)C2)ns1. The molecule has 2 rings (SSSR count). The molecule has 0 N–H and O–H groups in total. The average molecular weight is 244 g/mol. The van der Waals surface area contributed by atoms with Crippen molar-refractivity contribution in [3.05, 3.63) is 16.6 Å². The van der Waals surface area contributed by atoms with E-state index in [1.54, 1.807) is 11.0 Å². The van der Waals surface area contributed by atoms with E-state index >= 15 is 0 Å². The smallest absolute Gasteiger partial charge is 0.273 e. The van der Waals surface area contributed by atoms with Crippen molar-refractivity contribution in [2.24, 2.45) is 0 Å². The van der Waals surface area contributed by atoms with E-state index in [9.17, 15) is 9.18 Å². The van der Waals surface area contributed by atoms with Crippen LogP contribution in [0.1, 0.15) is 15.4 Å². The Morgan fingerprint density at radius 1 is 1.75 bits per heavy atom. The summed E-state index contributed by atoms with van der Waals surface area (Å²) >= 11 is 1.32. The second-order valence-corrected chi connectivity index (χ2v) is 4.72. The summed E-state index contributed by atoms with van der Waals surface area (Å²) < 4.78 is 21.0. The van der Waals surface area contributed by atoms with Gasteiger partial charge in [-0.25, -0.2) is 4.39 Å². The number of rotatable bonds is 4. The molecule has 0 aliphatic carbocycles. The normalized spacial score (nSPS) is 16.2. The summed E-state index contributed by atoms with van der Waals surface area (Å²) in [5, 5.41) is 0. The summed E-state index contributed by atoms with van der Waals surface area (Å²) in [5.74, 6) is -0.0653. The lowest BCUT2D eigenvalue weighted by Gasteiger charge is -2.38. The van der Waals surface area contributed by atoms with Crippen LogP contribution in [0.25, 0.3) is 0 Å². The van der Waals surface area contributed by atoms with Gasteiger partial charge in [0.25, 0.3) is 5.91 Å². The van der Waals surface area contributed by atoms with Gasteiger partial charge in [-0.05, 0) is 24.5 Å². The van der Waals surface area contributed by atoms with Gasteiger partial charge < -0.3 is 9.64 Å². The number of aryl methyl sites for hydroxylation is 1. The first kappa shape index (κ1) is 11.5. The van der Waals surface area contributed by atoms with Crippen molar-refractivity contribution >= 4 is 17.4 Å². The fraction of sp³-hybridized carbons (Fsp3) is 0.600. The topological polar surface area (TPSA) is 42.4 Å². The summed E-state index contributed by atoms with van der Waals surface area (Å²) in [6.07, 6.45) is -0.0144. The third-order valence-electron chi connectivity index (χ3n) is 2.41. The molecule has 1 saturated heterocycles. The summed E-state index contributed by atoms with van der Waals surface area (Å²) in [5.41, 5.74) is 0.492. The van der Waals surface area contributed by atoms with Gasteiger partial charge in [0.15, 0.2) is 0 Å². The maximum atomic E-state index is 11.8. The molecular formula is C10H13FN2O2S. The maximum Gasteiger partial charge on any atom is 0.273 e. The van der Waals surface area contributed by atoms with Crippen LogP contribution in [0.5, 0.6) is 0 Å². The minimum atomic E-state index is -0.476. The second kappa shape index (κ2) is 4.88. The first-order valence-corrected chi connectivity index (χ1v) is 5.88. The summed E-state index contributed by atoms with van der Waals surface area (Å²) in [6.45, 7) is 2.63. The molecule has 0 unspecified atom stereocenters. The molecule has 6 heteroatoms. The number of alkyl halides is 1. The Balaban J connectivity index is 1.81. The molecule has 0 atom stereocenters. The molecule has 4 nitrogen and oxygen atoms in total. The zero-order chi connectivity index (χ0) is 11.5. The van der Waals surface area contributed by atoms with Gasteiger partial charge in [0.2, 0.25) is 0 Å². The van der Waals surface area contributed by atoms with E-state index in [1.165, 1.54) is 11.5 Å². The van der Waals surface area contributed by atoms with Crippen molar-refractivity contribution in [1.82, 2.24) is 9.27 Å². The van der Waals surface area contributed by atoms with E-state index in [4.69, 9.17) is 4.74 Å². The lowest BCUT2D eigenvalue weighted by Crippen LogP contribution is -2.55. The first-order chi connectivity index (χ1) is 7.70. The highest BCUT2D eigenvalue weighted by molar-refractivity contribution is 7.05. The number of hydrogen-bond donors (Lipinski definition) is 0. The zero-order valence-corrected chi connectivity index (χ0v) is 9.80. The van der Waals surface area contributed by atoms with Gasteiger partial charge in [-0.3, -0.25) is 4.79 Å². The van der Waals surface area contributed by atoms with Gasteiger partial charge in [0.05, 0.1) is 12.7 Å². The highest BCUT2D eigenvalue weighted by Gasteiger charge is 2.32. The highest BCUT2D eigenvalue weighted by atomic mass is 32.1. The molecule has 1 amide bonds. The molecule has 2 heterocycles. The highest BCUT2D eigenvalue weighted by Crippen LogP contribution is 2.17. The lowest BCUT2D eigenvalue weighted by molar-refractivity contribution is -0.0457. The minimum absolute atomic E-state index is 0.0144. The molecule has 16 heavy (non-hydrogen) atoms. The number of ether oxygens (including phenoxy) is 1. The number of carbonyl (C=O) groups excluding carboxylic acids is 1. The van der Waals surface area contributed by atoms with E-state index in [2.05, 4.69) is 4.37 Å². The number of nitrogens with zero attached hydrogens (tertiary/aromatic N) is 2. The van der Waals surface area contributed by atoms with Gasteiger partial charge >= 0.3 is 0 Å². The second-order valence-electron chi connectivity index (χ2n) is 3.71. The van der Waals surface area contributed by atoms with Gasteiger partial charge in [-0.1, -0.05) is 0 Å². The fourth-order valence-electron chi connectivity index (χ4n) is 1.55. The van der Waals surface area contributed by atoms with Crippen LogP contribution >= 0.6 is 11.5 Å². The lowest BCUT2D eigenvalue weighted by atomic mass is 10.1. The number of hydrogen-bond acceptors (Lipinski definition) is 4. The molecule has 0 spiro atoms. The Morgan fingerprint density at radius 2 is 2.50 bits per heavy atom. The van der Waals surface area contributed by atoms with Gasteiger partial charge in [0.1, 0.15) is 12.4 Å². The predicted octanol–water partition coefficient (Wildman–Crippen LogP) is 1.26. The number of carbonyl (C=O) groups is 1. The molecule has 88 valence electrons. The number of halogens is 1. The summed E-state index contributed by atoms with van der Waals surface area (Å²) in [6, 6.07) is 1.78. The Labute approximate surface area is 97.2 Å². The van der Waals surface area contributed by atoms with Gasteiger partial charge in [-0.15, -0.1) is 0 Å². The number of aromatic nitrogens is 1. The van der Waals surface area contributed by atoms with E-state index in [0.717, 1.165) is 4.88 Å². The quantitative estimate of drug-likeness (QED) is 0.801. The van der Waals surface area contributed by atoms with Crippen molar-refractivity contribution in [2.45, 2.75) is 13.0 Å². The largest absolute Gasteiger partial charge is 0.372 e. The van der Waals surface area contributed by atoms with Crippen LogP contribution in [-0.2, 0) is 4.74 Å². The van der Waals surface area contributed by atoms with E-state index < -0.39 is 6.67 Å². The third kappa shape index (κ3) is 2.38. The molecule has 1 aliphatic heterocycles. The Hall–Kier alpha value is -1.01. The summed E-state index contributed by atoms with van der Waals surface area (Å²) in [4.78, 5) is 14.5. The molecular weight excluding hydrogens is 231 g/mol. The molecule has 1 fully saturated rings. The summed E-state index contributed by atoms with van der Waals surface area (Å²) in [7, 11) is 0. The van der Waals surface area contributed by atoms with Crippen molar-refractivity contribution in [3.63, 3.8) is 0 Å². The number of amides is 1. The first-order valence-electron chi connectivity index (χ1n) is 5.11. The monoisotopic (exact) mass is 244 g/mol. The van der Waals surface area contributed by atoms with E-state index in [-0.39, 0.29) is 18.6 Å². The molecule has 0 radical (unpaired) electrons.